The van der Waals surface area contributed by atoms with E-state index in [0.717, 1.165) is 30.2 Å². The fraction of sp³-hybridized carbons (Fsp3) is 0.412. The average molecular weight is 323 g/mol. The summed E-state index contributed by atoms with van der Waals surface area (Å²) in [4.78, 5) is 1.32. The zero-order valence-corrected chi connectivity index (χ0v) is 14.2. The fourth-order valence-corrected chi connectivity index (χ4v) is 3.12. The van der Waals surface area contributed by atoms with Crippen LogP contribution in [0.3, 0.4) is 0 Å². The third kappa shape index (κ3) is 5.03. The predicted octanol–water partition coefficient (Wildman–Crippen LogP) is 5.12. The summed E-state index contributed by atoms with van der Waals surface area (Å²) in [6.45, 7) is 6.43. The molecule has 0 bridgehead atoms. The molecule has 1 heterocycles. The van der Waals surface area contributed by atoms with E-state index in [4.69, 9.17) is 11.6 Å². The van der Waals surface area contributed by atoms with Gasteiger partial charge in [0.25, 0.3) is 0 Å². The SMILES string of the molecule is CCCNCCc1ccc(Cl)c(NC(C)c2cccs2)c1. The van der Waals surface area contributed by atoms with Gasteiger partial charge >= 0.3 is 0 Å². The van der Waals surface area contributed by atoms with Crippen molar-refractivity contribution >= 4 is 28.6 Å². The zero-order valence-electron chi connectivity index (χ0n) is 12.7. The third-order valence-electron chi connectivity index (χ3n) is 3.39. The Balaban J connectivity index is 1.98. The summed E-state index contributed by atoms with van der Waals surface area (Å²) in [6.07, 6.45) is 2.20. The van der Waals surface area contributed by atoms with Gasteiger partial charge in [0, 0.05) is 4.88 Å². The van der Waals surface area contributed by atoms with Gasteiger partial charge in [0.15, 0.2) is 0 Å². The van der Waals surface area contributed by atoms with E-state index in [2.05, 4.69) is 54.1 Å². The van der Waals surface area contributed by atoms with Crippen LogP contribution in [0.4, 0.5) is 5.69 Å². The van der Waals surface area contributed by atoms with E-state index < -0.39 is 0 Å². The molecule has 114 valence electrons. The summed E-state index contributed by atoms with van der Waals surface area (Å²) < 4.78 is 0. The number of halogens is 1. The lowest BCUT2D eigenvalue weighted by Crippen LogP contribution is -2.17. The van der Waals surface area contributed by atoms with Gasteiger partial charge in [-0.1, -0.05) is 30.7 Å². The number of rotatable bonds is 8. The molecule has 0 fully saturated rings. The third-order valence-corrected chi connectivity index (χ3v) is 4.77. The number of hydrogen-bond donors (Lipinski definition) is 2. The highest BCUT2D eigenvalue weighted by Gasteiger charge is 2.09. The van der Waals surface area contributed by atoms with E-state index in [1.54, 1.807) is 11.3 Å². The Hall–Kier alpha value is -1.03. The first kappa shape index (κ1) is 16.3. The van der Waals surface area contributed by atoms with Crippen molar-refractivity contribution in [1.29, 1.82) is 0 Å². The van der Waals surface area contributed by atoms with Crippen molar-refractivity contribution in [2.75, 3.05) is 18.4 Å². The second-order valence-corrected chi connectivity index (χ2v) is 6.58. The molecule has 0 spiro atoms. The molecular weight excluding hydrogens is 300 g/mol. The van der Waals surface area contributed by atoms with Crippen LogP contribution in [0.25, 0.3) is 0 Å². The predicted molar refractivity (Wildman–Crippen MR) is 94.7 cm³/mol. The van der Waals surface area contributed by atoms with Gasteiger partial charge in [-0.15, -0.1) is 11.3 Å². The van der Waals surface area contributed by atoms with Gasteiger partial charge in [-0.2, -0.15) is 0 Å². The molecule has 2 rings (SSSR count). The van der Waals surface area contributed by atoms with Crippen LogP contribution in [0, 0.1) is 0 Å². The molecule has 1 unspecified atom stereocenters. The lowest BCUT2D eigenvalue weighted by molar-refractivity contribution is 0.671. The first-order chi connectivity index (χ1) is 10.2. The lowest BCUT2D eigenvalue weighted by atomic mass is 10.1. The smallest absolute Gasteiger partial charge is 0.0637 e. The normalized spacial score (nSPS) is 12.3. The Morgan fingerprint density at radius 2 is 2.10 bits per heavy atom. The van der Waals surface area contributed by atoms with Crippen LogP contribution >= 0.6 is 22.9 Å². The van der Waals surface area contributed by atoms with Crippen molar-refractivity contribution in [3.63, 3.8) is 0 Å². The molecule has 2 N–H and O–H groups in total. The molecule has 21 heavy (non-hydrogen) atoms. The molecule has 2 aromatic rings. The molecule has 0 saturated heterocycles. The lowest BCUT2D eigenvalue weighted by Gasteiger charge is -2.16. The first-order valence-corrected chi connectivity index (χ1v) is 8.75. The fourth-order valence-electron chi connectivity index (χ4n) is 2.22. The van der Waals surface area contributed by atoms with E-state index >= 15 is 0 Å². The highest BCUT2D eigenvalue weighted by atomic mass is 35.5. The van der Waals surface area contributed by atoms with E-state index in [0.29, 0.717) is 0 Å². The van der Waals surface area contributed by atoms with Crippen LogP contribution in [-0.2, 0) is 6.42 Å². The largest absolute Gasteiger partial charge is 0.376 e. The van der Waals surface area contributed by atoms with Crippen molar-refractivity contribution in [2.24, 2.45) is 0 Å². The van der Waals surface area contributed by atoms with Crippen LogP contribution in [-0.4, -0.2) is 13.1 Å². The summed E-state index contributed by atoms with van der Waals surface area (Å²) in [7, 11) is 0. The van der Waals surface area contributed by atoms with Gasteiger partial charge in [0.2, 0.25) is 0 Å². The Morgan fingerprint density at radius 1 is 1.24 bits per heavy atom. The van der Waals surface area contributed by atoms with Gasteiger partial charge in [-0.05, 0) is 62.0 Å². The Labute approximate surface area is 136 Å². The van der Waals surface area contributed by atoms with Crippen LogP contribution in [0.1, 0.15) is 36.8 Å². The molecule has 0 saturated carbocycles. The molecule has 1 aromatic carbocycles. The maximum Gasteiger partial charge on any atom is 0.0637 e. The molecule has 0 aliphatic carbocycles. The minimum Gasteiger partial charge on any atom is -0.376 e. The zero-order chi connectivity index (χ0) is 15.1. The maximum atomic E-state index is 6.31. The Kier molecular flexibility index (Phi) is 6.55. The van der Waals surface area contributed by atoms with E-state index in [-0.39, 0.29) is 6.04 Å². The van der Waals surface area contributed by atoms with Crippen molar-refractivity contribution in [2.45, 2.75) is 32.7 Å². The van der Waals surface area contributed by atoms with Crippen LogP contribution in [0.15, 0.2) is 35.7 Å². The highest BCUT2D eigenvalue weighted by Crippen LogP contribution is 2.29. The number of benzene rings is 1. The summed E-state index contributed by atoms with van der Waals surface area (Å²) >= 11 is 8.07. The number of anilines is 1. The van der Waals surface area contributed by atoms with E-state index in [1.807, 2.05) is 6.07 Å². The minimum absolute atomic E-state index is 0.274. The average Bonchev–Trinajstić information content (AvgIpc) is 3.01. The van der Waals surface area contributed by atoms with Crippen LogP contribution in [0.2, 0.25) is 5.02 Å². The standard InChI is InChI=1S/C17H23ClN2S/c1-3-9-19-10-8-14-6-7-15(18)16(12-14)20-13(2)17-5-4-11-21-17/h4-7,11-13,19-20H,3,8-10H2,1-2H3. The Bertz CT molecular complexity index is 540. The van der Waals surface area contributed by atoms with Crippen molar-refractivity contribution in [1.82, 2.24) is 5.32 Å². The van der Waals surface area contributed by atoms with E-state index in [1.165, 1.54) is 16.9 Å². The molecule has 0 radical (unpaired) electrons. The summed E-state index contributed by atoms with van der Waals surface area (Å²) in [5.74, 6) is 0. The van der Waals surface area contributed by atoms with Crippen molar-refractivity contribution in [3.05, 3.63) is 51.2 Å². The minimum atomic E-state index is 0.274. The molecule has 2 nitrogen and oxygen atoms in total. The molecule has 4 heteroatoms. The summed E-state index contributed by atoms with van der Waals surface area (Å²) in [6, 6.07) is 10.8. The highest BCUT2D eigenvalue weighted by molar-refractivity contribution is 7.10. The number of nitrogens with one attached hydrogen (secondary N) is 2. The molecule has 1 aromatic heterocycles. The van der Waals surface area contributed by atoms with Gasteiger partial charge in [0.05, 0.1) is 16.8 Å². The van der Waals surface area contributed by atoms with Crippen molar-refractivity contribution in [3.8, 4) is 0 Å². The molecule has 0 aliphatic heterocycles. The summed E-state index contributed by atoms with van der Waals surface area (Å²) in [5, 5.41) is 9.82. The van der Waals surface area contributed by atoms with Gasteiger partial charge in [-0.25, -0.2) is 0 Å². The van der Waals surface area contributed by atoms with Gasteiger partial charge in [0.1, 0.15) is 0 Å². The molecule has 0 amide bonds. The van der Waals surface area contributed by atoms with Gasteiger partial charge in [-0.3, -0.25) is 0 Å². The summed E-state index contributed by atoms with van der Waals surface area (Å²) in [5.41, 5.74) is 2.33. The monoisotopic (exact) mass is 322 g/mol. The quantitative estimate of drug-likeness (QED) is 0.659. The molecular formula is C17H23ClN2S. The van der Waals surface area contributed by atoms with Gasteiger partial charge < -0.3 is 10.6 Å². The topological polar surface area (TPSA) is 24.1 Å². The Morgan fingerprint density at radius 3 is 2.81 bits per heavy atom. The molecule has 0 aliphatic rings. The molecule has 1 atom stereocenters. The maximum absolute atomic E-state index is 6.31. The van der Waals surface area contributed by atoms with Crippen LogP contribution in [0.5, 0.6) is 0 Å². The van der Waals surface area contributed by atoms with Crippen molar-refractivity contribution < 1.29 is 0 Å². The van der Waals surface area contributed by atoms with E-state index in [9.17, 15) is 0 Å². The second-order valence-electron chi connectivity index (χ2n) is 5.20. The van der Waals surface area contributed by atoms with Crippen LogP contribution < -0.4 is 10.6 Å². The number of thiophene rings is 1. The first-order valence-electron chi connectivity index (χ1n) is 7.49. The second kappa shape index (κ2) is 8.42. The number of hydrogen-bond acceptors (Lipinski definition) is 3.